The number of hydrogen-bond acceptors (Lipinski definition) is 3. The predicted octanol–water partition coefficient (Wildman–Crippen LogP) is 1.17. The number of pyridine rings is 1. The van der Waals surface area contributed by atoms with Crippen molar-refractivity contribution < 1.29 is 4.21 Å². The number of rotatable bonds is 0. The topological polar surface area (TPSA) is 33.2 Å². The molecule has 3 nitrogen and oxygen atoms in total. The summed E-state index contributed by atoms with van der Waals surface area (Å²) in [5, 5.41) is 0. The van der Waals surface area contributed by atoms with E-state index < -0.39 is 10.8 Å². The van der Waals surface area contributed by atoms with Crippen molar-refractivity contribution in [3.05, 3.63) is 24.0 Å². The van der Waals surface area contributed by atoms with Gasteiger partial charge in [-0.1, -0.05) is 0 Å². The lowest BCUT2D eigenvalue weighted by molar-refractivity contribution is 0.203. The second kappa shape index (κ2) is 3.64. The molecule has 0 aromatic carbocycles. The fourth-order valence-electron chi connectivity index (χ4n) is 2.85. The van der Waals surface area contributed by atoms with Gasteiger partial charge in [-0.05, 0) is 44.6 Å². The van der Waals surface area contributed by atoms with Gasteiger partial charge in [-0.25, -0.2) is 0 Å². The Kier molecular flexibility index (Phi) is 2.37. The highest BCUT2D eigenvalue weighted by molar-refractivity contribution is 7.85. The molecule has 0 saturated carbocycles. The van der Waals surface area contributed by atoms with Gasteiger partial charge in [0, 0.05) is 28.5 Å². The summed E-state index contributed by atoms with van der Waals surface area (Å²) < 4.78 is 12.1. The van der Waals surface area contributed by atoms with Crippen LogP contribution in [0.3, 0.4) is 0 Å². The summed E-state index contributed by atoms with van der Waals surface area (Å²) in [5.41, 5.74) is 1.41. The van der Waals surface area contributed by atoms with E-state index in [0.29, 0.717) is 0 Å². The predicted molar refractivity (Wildman–Crippen MR) is 63.9 cm³/mol. The van der Waals surface area contributed by atoms with E-state index in [-0.39, 0.29) is 5.41 Å². The van der Waals surface area contributed by atoms with Crippen LogP contribution in [0.1, 0.15) is 18.4 Å². The minimum Gasteiger partial charge on any atom is -0.306 e. The molecule has 86 valence electrons. The monoisotopic (exact) mass is 236 g/mol. The summed E-state index contributed by atoms with van der Waals surface area (Å²) in [5.74, 6) is 0.807. The number of fused-ring (bicyclic) bond motifs is 2. The van der Waals surface area contributed by atoms with E-state index >= 15 is 0 Å². The van der Waals surface area contributed by atoms with Gasteiger partial charge in [0.1, 0.15) is 0 Å². The maximum Gasteiger partial charge on any atom is 0.0542 e. The quantitative estimate of drug-likeness (QED) is 0.678. The molecule has 0 bridgehead atoms. The molecule has 1 aromatic heterocycles. The standard InChI is InChI=1S/C12H16N2OS/c1-14-6-3-12(4-7-14)9-16(15)11-2-5-13-8-10(11)12/h2,5,8H,3-4,6-7,9H2,1H3. The molecule has 0 radical (unpaired) electrons. The molecule has 1 unspecified atom stereocenters. The minimum atomic E-state index is -0.804. The van der Waals surface area contributed by atoms with Crippen molar-refractivity contribution in [2.24, 2.45) is 0 Å². The number of piperidine rings is 1. The molecule has 0 amide bonds. The van der Waals surface area contributed by atoms with Gasteiger partial charge in [0.25, 0.3) is 0 Å². The van der Waals surface area contributed by atoms with E-state index in [0.717, 1.165) is 36.6 Å². The van der Waals surface area contributed by atoms with E-state index in [9.17, 15) is 4.21 Å². The van der Waals surface area contributed by atoms with Crippen molar-refractivity contribution in [2.75, 3.05) is 25.9 Å². The zero-order chi connectivity index (χ0) is 11.2. The van der Waals surface area contributed by atoms with Crippen LogP contribution in [0.5, 0.6) is 0 Å². The van der Waals surface area contributed by atoms with Gasteiger partial charge in [0.15, 0.2) is 0 Å². The third-order valence-electron chi connectivity index (χ3n) is 3.95. The van der Waals surface area contributed by atoms with Crippen LogP contribution in [0.2, 0.25) is 0 Å². The van der Waals surface area contributed by atoms with Gasteiger partial charge in [-0.3, -0.25) is 9.19 Å². The smallest absolute Gasteiger partial charge is 0.0542 e. The molecule has 2 aliphatic rings. The Morgan fingerprint density at radius 3 is 2.94 bits per heavy atom. The second-order valence-corrected chi connectivity index (χ2v) is 6.36. The van der Waals surface area contributed by atoms with Gasteiger partial charge in [0.2, 0.25) is 0 Å². The molecule has 0 aliphatic carbocycles. The van der Waals surface area contributed by atoms with Crippen molar-refractivity contribution >= 4 is 10.8 Å². The van der Waals surface area contributed by atoms with Crippen molar-refractivity contribution in [3.8, 4) is 0 Å². The van der Waals surface area contributed by atoms with Gasteiger partial charge in [-0.2, -0.15) is 0 Å². The fourth-order valence-corrected chi connectivity index (χ4v) is 4.67. The first-order valence-corrected chi connectivity index (χ1v) is 7.05. The van der Waals surface area contributed by atoms with Gasteiger partial charge in [0.05, 0.1) is 10.8 Å². The lowest BCUT2D eigenvalue weighted by Gasteiger charge is -2.37. The average Bonchev–Trinajstić information content (AvgIpc) is 2.58. The minimum absolute atomic E-state index is 0.154. The van der Waals surface area contributed by atoms with Crippen LogP contribution < -0.4 is 0 Å². The first-order chi connectivity index (χ1) is 7.71. The molecular weight excluding hydrogens is 220 g/mol. The summed E-state index contributed by atoms with van der Waals surface area (Å²) in [6, 6.07) is 1.93. The third kappa shape index (κ3) is 1.44. The molecule has 2 aliphatic heterocycles. The van der Waals surface area contributed by atoms with Crippen molar-refractivity contribution in [3.63, 3.8) is 0 Å². The average molecular weight is 236 g/mol. The molecule has 3 heterocycles. The fraction of sp³-hybridized carbons (Fsp3) is 0.583. The summed E-state index contributed by atoms with van der Waals surface area (Å²) in [4.78, 5) is 7.59. The van der Waals surface area contributed by atoms with Crippen LogP contribution in [0, 0.1) is 0 Å². The van der Waals surface area contributed by atoms with E-state index in [1.54, 1.807) is 6.20 Å². The van der Waals surface area contributed by atoms with Crippen LogP contribution in [-0.2, 0) is 16.2 Å². The maximum atomic E-state index is 12.1. The third-order valence-corrected chi connectivity index (χ3v) is 5.61. The highest BCUT2D eigenvalue weighted by Crippen LogP contribution is 2.44. The number of nitrogens with zero attached hydrogens (tertiary/aromatic N) is 2. The Labute approximate surface area is 98.3 Å². The SMILES string of the molecule is CN1CCC2(CC1)CS(=O)c1ccncc12. The van der Waals surface area contributed by atoms with Crippen LogP contribution in [0.4, 0.5) is 0 Å². The molecule has 3 rings (SSSR count). The Hall–Kier alpha value is -0.740. The normalized spacial score (nSPS) is 28.2. The van der Waals surface area contributed by atoms with E-state index in [2.05, 4.69) is 16.9 Å². The van der Waals surface area contributed by atoms with Gasteiger partial charge in [-0.15, -0.1) is 0 Å². The summed E-state index contributed by atoms with van der Waals surface area (Å²) in [6.45, 7) is 2.21. The molecule has 1 aromatic rings. The highest BCUT2D eigenvalue weighted by atomic mass is 32.2. The maximum absolute atomic E-state index is 12.1. The second-order valence-electron chi connectivity index (χ2n) is 4.95. The van der Waals surface area contributed by atoms with E-state index in [1.807, 2.05) is 12.3 Å². The molecule has 1 spiro atoms. The zero-order valence-corrected chi connectivity index (χ0v) is 10.3. The summed E-state index contributed by atoms with van der Waals surface area (Å²) in [7, 11) is 1.35. The zero-order valence-electron chi connectivity index (χ0n) is 9.48. The number of hydrogen-bond donors (Lipinski definition) is 0. The molecule has 16 heavy (non-hydrogen) atoms. The molecule has 4 heteroatoms. The first-order valence-electron chi connectivity index (χ1n) is 5.73. The van der Waals surface area contributed by atoms with Crippen LogP contribution in [0.15, 0.2) is 23.4 Å². The lowest BCUT2D eigenvalue weighted by atomic mass is 9.75. The Morgan fingerprint density at radius 1 is 1.44 bits per heavy atom. The van der Waals surface area contributed by atoms with E-state index in [4.69, 9.17) is 0 Å². The Morgan fingerprint density at radius 2 is 2.19 bits per heavy atom. The van der Waals surface area contributed by atoms with Crippen molar-refractivity contribution in [1.29, 1.82) is 0 Å². The summed E-state index contributed by atoms with van der Waals surface area (Å²) >= 11 is 0. The first kappa shape index (κ1) is 10.4. The van der Waals surface area contributed by atoms with Crippen LogP contribution in [-0.4, -0.2) is 40.0 Å². The van der Waals surface area contributed by atoms with Gasteiger partial charge >= 0.3 is 0 Å². The molecule has 1 fully saturated rings. The van der Waals surface area contributed by atoms with Crippen LogP contribution >= 0.6 is 0 Å². The van der Waals surface area contributed by atoms with Crippen molar-refractivity contribution in [2.45, 2.75) is 23.2 Å². The van der Waals surface area contributed by atoms with Crippen LogP contribution in [0.25, 0.3) is 0 Å². The molecule has 0 N–H and O–H groups in total. The summed E-state index contributed by atoms with van der Waals surface area (Å²) in [6.07, 6.45) is 5.93. The highest BCUT2D eigenvalue weighted by Gasteiger charge is 2.44. The lowest BCUT2D eigenvalue weighted by Crippen LogP contribution is -2.41. The van der Waals surface area contributed by atoms with Crippen molar-refractivity contribution in [1.82, 2.24) is 9.88 Å². The molecule has 1 saturated heterocycles. The Bertz CT molecular complexity index is 438. The molecule has 1 atom stereocenters. The molecular formula is C12H16N2OS. The van der Waals surface area contributed by atoms with E-state index in [1.165, 1.54) is 5.56 Å². The largest absolute Gasteiger partial charge is 0.306 e. The Balaban J connectivity index is 2.02. The number of likely N-dealkylation sites (tertiary alicyclic amines) is 1. The van der Waals surface area contributed by atoms with Gasteiger partial charge < -0.3 is 4.90 Å². The number of aromatic nitrogens is 1.